The van der Waals surface area contributed by atoms with Gasteiger partial charge in [0.25, 0.3) is 5.91 Å². The molecule has 11 heavy (non-hydrogen) atoms. The molecule has 3 heteroatoms. The van der Waals surface area contributed by atoms with Crippen molar-refractivity contribution in [2.75, 3.05) is 0 Å². The Hall–Kier alpha value is -1.01. The summed E-state index contributed by atoms with van der Waals surface area (Å²) in [6.07, 6.45) is 6.81. The zero-order valence-corrected chi connectivity index (χ0v) is 6.21. The number of hydrogen-bond donors (Lipinski definition) is 2. The predicted octanol–water partition coefficient (Wildman–Crippen LogP) is -0.351. The van der Waals surface area contributed by atoms with Gasteiger partial charge in [0.05, 0.1) is 6.10 Å². The van der Waals surface area contributed by atoms with Crippen LogP contribution in [0.25, 0.3) is 0 Å². The summed E-state index contributed by atoms with van der Waals surface area (Å²) >= 11 is 0. The lowest BCUT2D eigenvalue weighted by molar-refractivity contribution is -0.116. The Morgan fingerprint density at radius 2 is 2.36 bits per heavy atom. The van der Waals surface area contributed by atoms with Crippen LogP contribution in [0.2, 0.25) is 0 Å². The number of carbonyl (C=O) groups is 1. The highest BCUT2D eigenvalue weighted by Crippen LogP contribution is 2.18. The Morgan fingerprint density at radius 1 is 1.64 bits per heavy atom. The topological polar surface area (TPSA) is 49.3 Å². The highest BCUT2D eigenvalue weighted by atomic mass is 16.3. The standard InChI is InChI=1S/C8H11NO2/c1-2-8(11)9-6-3-4-7(10)5-6/h1,6-7,10H,3-5H2,(H,9,11)/t6-,7+/m0/s1. The SMILES string of the molecule is C#CC(=O)N[C@H]1CC[C@@H](O)C1. The summed E-state index contributed by atoms with van der Waals surface area (Å²) in [6.45, 7) is 0. The van der Waals surface area contributed by atoms with Crippen molar-refractivity contribution < 1.29 is 9.90 Å². The fourth-order valence-electron chi connectivity index (χ4n) is 1.32. The van der Waals surface area contributed by atoms with Gasteiger partial charge in [0.1, 0.15) is 0 Å². The van der Waals surface area contributed by atoms with E-state index in [0.717, 1.165) is 12.8 Å². The molecule has 0 saturated heterocycles. The lowest BCUT2D eigenvalue weighted by Crippen LogP contribution is -2.31. The van der Waals surface area contributed by atoms with Crippen molar-refractivity contribution in [1.82, 2.24) is 5.32 Å². The maximum absolute atomic E-state index is 10.6. The molecule has 0 aromatic carbocycles. The molecule has 0 aromatic heterocycles. The second-order valence-electron chi connectivity index (χ2n) is 2.78. The van der Waals surface area contributed by atoms with Gasteiger partial charge < -0.3 is 10.4 Å². The average Bonchev–Trinajstić information content (AvgIpc) is 2.35. The minimum atomic E-state index is -0.385. The second kappa shape index (κ2) is 3.40. The summed E-state index contributed by atoms with van der Waals surface area (Å²) < 4.78 is 0. The molecule has 2 N–H and O–H groups in total. The minimum absolute atomic E-state index is 0.0774. The fraction of sp³-hybridized carbons (Fsp3) is 0.625. The zero-order chi connectivity index (χ0) is 8.27. The Morgan fingerprint density at radius 3 is 2.82 bits per heavy atom. The fourth-order valence-corrected chi connectivity index (χ4v) is 1.32. The van der Waals surface area contributed by atoms with Crippen LogP contribution in [-0.4, -0.2) is 23.2 Å². The number of terminal acetylenes is 1. The number of rotatable bonds is 1. The molecule has 1 rings (SSSR count). The summed E-state index contributed by atoms with van der Waals surface area (Å²) in [5.74, 6) is 1.59. The third-order valence-corrected chi connectivity index (χ3v) is 1.87. The molecule has 1 aliphatic carbocycles. The number of hydrogen-bond acceptors (Lipinski definition) is 2. The van der Waals surface area contributed by atoms with Crippen LogP contribution in [0, 0.1) is 12.3 Å². The van der Waals surface area contributed by atoms with Crippen molar-refractivity contribution in [1.29, 1.82) is 0 Å². The molecular weight excluding hydrogens is 142 g/mol. The Kier molecular flexibility index (Phi) is 2.50. The summed E-state index contributed by atoms with van der Waals surface area (Å²) in [6, 6.07) is 0.0774. The maximum Gasteiger partial charge on any atom is 0.295 e. The molecule has 3 nitrogen and oxygen atoms in total. The molecular formula is C8H11NO2. The van der Waals surface area contributed by atoms with Crippen molar-refractivity contribution in [3.63, 3.8) is 0 Å². The zero-order valence-electron chi connectivity index (χ0n) is 6.21. The largest absolute Gasteiger partial charge is 0.393 e. The van der Waals surface area contributed by atoms with Crippen LogP contribution in [0.3, 0.4) is 0 Å². The first kappa shape index (κ1) is 8.09. The van der Waals surface area contributed by atoms with Crippen LogP contribution in [0.1, 0.15) is 19.3 Å². The molecule has 0 aliphatic heterocycles. The van der Waals surface area contributed by atoms with E-state index in [-0.39, 0.29) is 18.1 Å². The van der Waals surface area contributed by atoms with E-state index >= 15 is 0 Å². The summed E-state index contributed by atoms with van der Waals surface area (Å²) in [5, 5.41) is 11.7. The summed E-state index contributed by atoms with van der Waals surface area (Å²) in [5.41, 5.74) is 0. The lowest BCUT2D eigenvalue weighted by Gasteiger charge is -2.07. The van der Waals surface area contributed by atoms with E-state index in [9.17, 15) is 4.79 Å². The molecule has 1 saturated carbocycles. The number of nitrogens with one attached hydrogen (secondary N) is 1. The van der Waals surface area contributed by atoms with E-state index < -0.39 is 0 Å². The van der Waals surface area contributed by atoms with Crippen LogP contribution in [0.4, 0.5) is 0 Å². The molecule has 1 amide bonds. The van der Waals surface area contributed by atoms with Gasteiger partial charge in [0, 0.05) is 6.04 Å². The van der Waals surface area contributed by atoms with Gasteiger partial charge in [-0.3, -0.25) is 4.79 Å². The highest BCUT2D eigenvalue weighted by molar-refractivity contribution is 5.93. The number of carbonyl (C=O) groups excluding carboxylic acids is 1. The second-order valence-corrected chi connectivity index (χ2v) is 2.78. The van der Waals surface area contributed by atoms with E-state index in [1.807, 2.05) is 5.92 Å². The van der Waals surface area contributed by atoms with Gasteiger partial charge in [-0.05, 0) is 25.2 Å². The molecule has 2 atom stereocenters. The third kappa shape index (κ3) is 2.24. The number of aliphatic hydroxyl groups is 1. The first-order valence-electron chi connectivity index (χ1n) is 3.67. The van der Waals surface area contributed by atoms with Crippen LogP contribution in [0.5, 0.6) is 0 Å². The van der Waals surface area contributed by atoms with Gasteiger partial charge in [0.15, 0.2) is 0 Å². The van der Waals surface area contributed by atoms with Crippen molar-refractivity contribution in [2.24, 2.45) is 0 Å². The van der Waals surface area contributed by atoms with Crippen molar-refractivity contribution >= 4 is 5.91 Å². The third-order valence-electron chi connectivity index (χ3n) is 1.87. The Bertz CT molecular complexity index is 195. The number of amides is 1. The van der Waals surface area contributed by atoms with Crippen LogP contribution in [-0.2, 0) is 4.79 Å². The van der Waals surface area contributed by atoms with E-state index in [1.165, 1.54) is 0 Å². The molecule has 0 radical (unpaired) electrons. The van der Waals surface area contributed by atoms with Crippen molar-refractivity contribution in [2.45, 2.75) is 31.4 Å². The molecule has 0 heterocycles. The summed E-state index contributed by atoms with van der Waals surface area (Å²) in [4.78, 5) is 10.6. The normalized spacial score (nSPS) is 29.5. The molecule has 1 aliphatic rings. The van der Waals surface area contributed by atoms with E-state index in [4.69, 9.17) is 11.5 Å². The van der Waals surface area contributed by atoms with Crippen LogP contribution < -0.4 is 5.32 Å². The van der Waals surface area contributed by atoms with E-state index in [0.29, 0.717) is 6.42 Å². The van der Waals surface area contributed by atoms with Crippen LogP contribution >= 0.6 is 0 Å². The molecule has 0 spiro atoms. The van der Waals surface area contributed by atoms with Gasteiger partial charge in [0.2, 0.25) is 0 Å². The Labute approximate surface area is 65.8 Å². The minimum Gasteiger partial charge on any atom is -0.393 e. The molecule has 0 aromatic rings. The van der Waals surface area contributed by atoms with Crippen molar-refractivity contribution in [3.05, 3.63) is 0 Å². The Balaban J connectivity index is 2.30. The highest BCUT2D eigenvalue weighted by Gasteiger charge is 2.23. The monoisotopic (exact) mass is 153 g/mol. The molecule has 0 unspecified atom stereocenters. The quantitative estimate of drug-likeness (QED) is 0.506. The van der Waals surface area contributed by atoms with Gasteiger partial charge in [-0.25, -0.2) is 0 Å². The van der Waals surface area contributed by atoms with Gasteiger partial charge in [-0.15, -0.1) is 6.42 Å². The molecule has 1 fully saturated rings. The predicted molar refractivity (Wildman–Crippen MR) is 40.6 cm³/mol. The average molecular weight is 153 g/mol. The maximum atomic E-state index is 10.6. The van der Waals surface area contributed by atoms with Gasteiger partial charge in [-0.1, -0.05) is 0 Å². The van der Waals surface area contributed by atoms with Crippen molar-refractivity contribution in [3.8, 4) is 12.3 Å². The first-order valence-corrected chi connectivity index (χ1v) is 3.67. The molecule has 0 bridgehead atoms. The first-order chi connectivity index (χ1) is 5.22. The number of aliphatic hydroxyl groups excluding tert-OH is 1. The summed E-state index contributed by atoms with van der Waals surface area (Å²) in [7, 11) is 0. The van der Waals surface area contributed by atoms with Gasteiger partial charge in [-0.2, -0.15) is 0 Å². The van der Waals surface area contributed by atoms with E-state index in [1.54, 1.807) is 0 Å². The van der Waals surface area contributed by atoms with Crippen LogP contribution in [0.15, 0.2) is 0 Å². The van der Waals surface area contributed by atoms with Gasteiger partial charge >= 0.3 is 0 Å². The smallest absolute Gasteiger partial charge is 0.295 e. The lowest BCUT2D eigenvalue weighted by atomic mass is 10.2. The molecule has 60 valence electrons. The van der Waals surface area contributed by atoms with E-state index in [2.05, 4.69) is 5.32 Å².